The van der Waals surface area contributed by atoms with Crippen molar-refractivity contribution in [1.29, 1.82) is 0 Å². The average molecular weight is 300 g/mol. The molecule has 0 saturated carbocycles. The zero-order valence-corrected chi connectivity index (χ0v) is 12.8. The molecule has 0 aliphatic carbocycles. The van der Waals surface area contributed by atoms with E-state index in [1.165, 1.54) is 4.90 Å². The van der Waals surface area contributed by atoms with Gasteiger partial charge in [0.25, 0.3) is 11.8 Å². The van der Waals surface area contributed by atoms with E-state index in [2.05, 4.69) is 5.32 Å². The molecule has 1 atom stereocenters. The summed E-state index contributed by atoms with van der Waals surface area (Å²) in [5.74, 6) is -0.925. The quantitative estimate of drug-likeness (QED) is 0.711. The Labute approximate surface area is 121 Å². The third-order valence-corrected chi connectivity index (χ3v) is 3.71. The van der Waals surface area contributed by atoms with E-state index in [9.17, 15) is 9.59 Å². The minimum atomic E-state index is -0.663. The summed E-state index contributed by atoms with van der Waals surface area (Å²) in [4.78, 5) is 25.3. The molecule has 1 heterocycles. The molecule has 1 rings (SSSR count). The van der Waals surface area contributed by atoms with Crippen molar-refractivity contribution in [1.82, 2.24) is 4.90 Å². The fourth-order valence-electron chi connectivity index (χ4n) is 1.67. The van der Waals surface area contributed by atoms with E-state index in [-0.39, 0.29) is 23.2 Å². The molecule has 0 aromatic carbocycles. The maximum atomic E-state index is 12.0. The number of hydrogen-bond donors (Lipinski definition) is 3. The second-order valence-electron chi connectivity index (χ2n) is 4.61. The highest BCUT2D eigenvalue weighted by atomic mass is 32.1. The smallest absolute Gasteiger partial charge is 0.265 e. The predicted molar refractivity (Wildman–Crippen MR) is 80.2 cm³/mol. The molecule has 1 unspecified atom stereocenters. The van der Waals surface area contributed by atoms with Crippen LogP contribution < -0.4 is 16.8 Å². The van der Waals surface area contributed by atoms with E-state index < -0.39 is 5.91 Å². The van der Waals surface area contributed by atoms with Crippen molar-refractivity contribution < 1.29 is 14.3 Å². The van der Waals surface area contributed by atoms with Gasteiger partial charge in [-0.1, -0.05) is 0 Å². The van der Waals surface area contributed by atoms with Crippen LogP contribution in [0.5, 0.6) is 0 Å². The van der Waals surface area contributed by atoms with Gasteiger partial charge in [-0.3, -0.25) is 9.59 Å². The molecule has 20 heavy (non-hydrogen) atoms. The van der Waals surface area contributed by atoms with Crippen LogP contribution in [0, 0.1) is 0 Å². The Morgan fingerprint density at radius 3 is 2.50 bits per heavy atom. The number of nitrogens with two attached hydrogens (primary N) is 2. The van der Waals surface area contributed by atoms with Gasteiger partial charge in [-0.25, -0.2) is 0 Å². The van der Waals surface area contributed by atoms with Gasteiger partial charge in [-0.2, -0.15) is 0 Å². The van der Waals surface area contributed by atoms with Gasteiger partial charge in [0.2, 0.25) is 0 Å². The van der Waals surface area contributed by atoms with E-state index in [0.29, 0.717) is 16.5 Å². The number of methoxy groups -OCH3 is 1. The van der Waals surface area contributed by atoms with Crippen LogP contribution in [0.3, 0.4) is 0 Å². The van der Waals surface area contributed by atoms with Crippen molar-refractivity contribution >= 4 is 33.8 Å². The molecule has 7 nitrogen and oxygen atoms in total. The number of ether oxygens (including phenoxy) is 1. The molecule has 8 heteroatoms. The normalized spacial score (nSPS) is 12.0. The molecule has 0 radical (unpaired) electrons. The van der Waals surface area contributed by atoms with Crippen LogP contribution in [-0.4, -0.2) is 50.6 Å². The number of hydrogen-bond acceptors (Lipinski definition) is 6. The monoisotopic (exact) mass is 300 g/mol. The molecule has 2 amide bonds. The number of nitrogen functional groups attached to an aromatic ring is 1. The van der Waals surface area contributed by atoms with Crippen LogP contribution in [0.25, 0.3) is 0 Å². The standard InChI is InChI=1S/C12H20N4O3S/c1-6(5-19-4)15-11-7(10(14)17)8(13)9(20-11)12(18)16(2)3/h6,15H,5,13H2,1-4H3,(H2,14,17). The summed E-state index contributed by atoms with van der Waals surface area (Å²) in [7, 11) is 4.81. The van der Waals surface area contributed by atoms with Gasteiger partial charge in [0, 0.05) is 27.2 Å². The Morgan fingerprint density at radius 1 is 1.45 bits per heavy atom. The molecule has 112 valence electrons. The molecular weight excluding hydrogens is 280 g/mol. The Balaban J connectivity index is 3.20. The van der Waals surface area contributed by atoms with Gasteiger partial charge >= 0.3 is 0 Å². The van der Waals surface area contributed by atoms with Crippen LogP contribution in [0.1, 0.15) is 27.0 Å². The Kier molecular flexibility index (Phi) is 5.34. The van der Waals surface area contributed by atoms with Crippen molar-refractivity contribution in [2.75, 3.05) is 38.9 Å². The number of rotatable bonds is 6. The van der Waals surface area contributed by atoms with E-state index >= 15 is 0 Å². The van der Waals surface area contributed by atoms with E-state index in [4.69, 9.17) is 16.2 Å². The summed E-state index contributed by atoms with van der Waals surface area (Å²) in [6.07, 6.45) is 0. The summed E-state index contributed by atoms with van der Waals surface area (Å²) in [5, 5.41) is 3.58. The van der Waals surface area contributed by atoms with Gasteiger partial charge in [-0.15, -0.1) is 11.3 Å². The molecular formula is C12H20N4O3S. The maximum absolute atomic E-state index is 12.0. The SMILES string of the molecule is COCC(C)Nc1sc(C(=O)N(C)C)c(N)c1C(N)=O. The first kappa shape index (κ1) is 16.3. The number of anilines is 2. The fraction of sp³-hybridized carbons (Fsp3) is 0.500. The Bertz CT molecular complexity index is 513. The second-order valence-corrected chi connectivity index (χ2v) is 5.63. The summed E-state index contributed by atoms with van der Waals surface area (Å²) >= 11 is 1.12. The summed E-state index contributed by atoms with van der Waals surface area (Å²) in [6.45, 7) is 2.34. The van der Waals surface area contributed by atoms with Crippen LogP contribution in [0.4, 0.5) is 10.7 Å². The van der Waals surface area contributed by atoms with Gasteiger partial charge < -0.3 is 26.4 Å². The van der Waals surface area contributed by atoms with Gasteiger partial charge in [-0.05, 0) is 6.92 Å². The van der Waals surface area contributed by atoms with Gasteiger partial charge in [0.15, 0.2) is 0 Å². The van der Waals surface area contributed by atoms with Crippen LogP contribution >= 0.6 is 11.3 Å². The van der Waals surface area contributed by atoms with Crippen molar-refractivity contribution in [3.8, 4) is 0 Å². The highest BCUT2D eigenvalue weighted by Crippen LogP contribution is 2.36. The number of nitrogens with one attached hydrogen (secondary N) is 1. The lowest BCUT2D eigenvalue weighted by Gasteiger charge is -2.13. The van der Waals surface area contributed by atoms with Crippen molar-refractivity contribution in [2.45, 2.75) is 13.0 Å². The van der Waals surface area contributed by atoms with Crippen molar-refractivity contribution in [2.24, 2.45) is 5.73 Å². The molecule has 0 saturated heterocycles. The third-order valence-electron chi connectivity index (χ3n) is 2.59. The van der Waals surface area contributed by atoms with Crippen LogP contribution in [0.2, 0.25) is 0 Å². The average Bonchev–Trinajstić information content (AvgIpc) is 2.65. The largest absolute Gasteiger partial charge is 0.397 e. The fourth-order valence-corrected chi connectivity index (χ4v) is 2.93. The predicted octanol–water partition coefficient (Wildman–Crippen LogP) is 0.578. The lowest BCUT2D eigenvalue weighted by atomic mass is 10.2. The third kappa shape index (κ3) is 3.40. The minimum Gasteiger partial charge on any atom is -0.397 e. The molecule has 0 bridgehead atoms. The summed E-state index contributed by atoms with van der Waals surface area (Å²) in [5.41, 5.74) is 11.5. The van der Waals surface area contributed by atoms with Gasteiger partial charge in [0.1, 0.15) is 9.88 Å². The number of carbonyl (C=O) groups is 2. The first-order valence-corrected chi connectivity index (χ1v) is 6.80. The number of thiophene rings is 1. The molecule has 1 aromatic rings. The van der Waals surface area contributed by atoms with E-state index in [0.717, 1.165) is 11.3 Å². The first-order valence-electron chi connectivity index (χ1n) is 5.98. The molecule has 0 fully saturated rings. The number of primary amides is 1. The molecule has 0 aliphatic rings. The highest BCUT2D eigenvalue weighted by Gasteiger charge is 2.25. The zero-order valence-electron chi connectivity index (χ0n) is 12.0. The van der Waals surface area contributed by atoms with Crippen LogP contribution in [0.15, 0.2) is 0 Å². The Hall–Kier alpha value is -1.80. The molecule has 0 aliphatic heterocycles. The first-order chi connectivity index (χ1) is 9.29. The zero-order chi connectivity index (χ0) is 15.4. The highest BCUT2D eigenvalue weighted by molar-refractivity contribution is 7.19. The summed E-state index contributed by atoms with van der Waals surface area (Å²) < 4.78 is 5.02. The van der Waals surface area contributed by atoms with Gasteiger partial charge in [0.05, 0.1) is 17.9 Å². The number of amides is 2. The Morgan fingerprint density at radius 2 is 2.05 bits per heavy atom. The molecule has 0 spiro atoms. The minimum absolute atomic E-state index is 0.0431. The lowest BCUT2D eigenvalue weighted by molar-refractivity contribution is 0.0833. The summed E-state index contributed by atoms with van der Waals surface area (Å²) in [6, 6.07) is -0.0431. The molecule has 1 aromatic heterocycles. The van der Waals surface area contributed by atoms with E-state index in [1.54, 1.807) is 21.2 Å². The molecule has 5 N–H and O–H groups in total. The van der Waals surface area contributed by atoms with E-state index in [1.807, 2.05) is 6.92 Å². The lowest BCUT2D eigenvalue weighted by Crippen LogP contribution is -2.23. The second kappa shape index (κ2) is 6.58. The maximum Gasteiger partial charge on any atom is 0.265 e. The van der Waals surface area contributed by atoms with Crippen molar-refractivity contribution in [3.63, 3.8) is 0 Å². The number of nitrogens with zero attached hydrogens (tertiary/aromatic N) is 1. The van der Waals surface area contributed by atoms with Crippen molar-refractivity contribution in [3.05, 3.63) is 10.4 Å². The number of carbonyl (C=O) groups excluding carboxylic acids is 2. The van der Waals surface area contributed by atoms with Crippen LogP contribution in [-0.2, 0) is 4.74 Å². The topological polar surface area (TPSA) is 111 Å².